The molecule has 0 bridgehead atoms. The number of amides is 1. The zero-order valence-corrected chi connectivity index (χ0v) is 14.6. The summed E-state index contributed by atoms with van der Waals surface area (Å²) in [5.41, 5.74) is -1.15. The molecule has 0 saturated carbocycles. The topological polar surface area (TPSA) is 88.2 Å². The molecule has 6 heteroatoms. The number of carbonyl (C=O) groups excluding carboxylic acids is 2. The third-order valence-corrected chi connectivity index (χ3v) is 5.11. The lowest BCUT2D eigenvalue weighted by Crippen LogP contribution is -2.46. The number of ether oxygens (including phenoxy) is 2. The van der Waals surface area contributed by atoms with Gasteiger partial charge in [-0.3, -0.25) is 9.59 Å². The van der Waals surface area contributed by atoms with Crippen molar-refractivity contribution in [1.29, 1.82) is 0 Å². The maximum absolute atomic E-state index is 12.2. The summed E-state index contributed by atoms with van der Waals surface area (Å²) in [6.07, 6.45) is 11.9. The average molecular weight is 349 g/mol. The van der Waals surface area contributed by atoms with Crippen LogP contribution in [0, 0.1) is 0 Å². The number of unbranched alkanes of at least 4 members (excludes halogenated alkanes) is 5. The van der Waals surface area contributed by atoms with Crippen LogP contribution in [-0.2, 0) is 19.1 Å². The Balaban J connectivity index is 1.44. The standard InChI is InChI=1S/C19H27NO5/c1-2-3-4-5-6-7-8-9-16(22)20-13-12-19(25-18(13)23)15(21)11-10-14-17(19)24-14/h8-11,13-14,17-18,23H,2-7,12H2,1H3,(H,20,22)/t13-,14-,17-,18+,19+/m0/s1. The molecule has 1 aliphatic carbocycles. The minimum absolute atomic E-state index is 0.119. The van der Waals surface area contributed by atoms with Crippen LogP contribution in [0.25, 0.3) is 0 Å². The number of hydrogen-bond donors (Lipinski definition) is 2. The van der Waals surface area contributed by atoms with Gasteiger partial charge in [-0.1, -0.05) is 38.7 Å². The van der Waals surface area contributed by atoms with E-state index >= 15 is 0 Å². The lowest BCUT2D eigenvalue weighted by Gasteiger charge is -2.25. The summed E-state index contributed by atoms with van der Waals surface area (Å²) in [6.45, 7) is 2.18. The number of aliphatic hydroxyl groups excluding tert-OH is 1. The Labute approximate surface area is 148 Å². The second-order valence-electron chi connectivity index (χ2n) is 7.07. The van der Waals surface area contributed by atoms with Gasteiger partial charge in [-0.25, -0.2) is 0 Å². The van der Waals surface area contributed by atoms with Crippen molar-refractivity contribution in [2.24, 2.45) is 0 Å². The molecule has 3 aliphatic rings. The van der Waals surface area contributed by atoms with Crippen LogP contribution >= 0.6 is 0 Å². The highest BCUT2D eigenvalue weighted by Gasteiger charge is 2.65. The summed E-state index contributed by atoms with van der Waals surface area (Å²) in [4.78, 5) is 24.3. The summed E-state index contributed by atoms with van der Waals surface area (Å²) in [7, 11) is 0. The van der Waals surface area contributed by atoms with E-state index < -0.39 is 17.9 Å². The predicted octanol–water partition coefficient (Wildman–Crippen LogP) is 1.77. The Morgan fingerprint density at radius 1 is 1.40 bits per heavy atom. The Morgan fingerprint density at radius 3 is 3.00 bits per heavy atom. The van der Waals surface area contributed by atoms with Crippen LogP contribution in [0.1, 0.15) is 51.9 Å². The van der Waals surface area contributed by atoms with Gasteiger partial charge in [0.15, 0.2) is 17.7 Å². The second kappa shape index (κ2) is 7.81. The molecule has 0 aromatic rings. The van der Waals surface area contributed by atoms with Crippen LogP contribution < -0.4 is 5.32 Å². The largest absolute Gasteiger partial charge is 0.366 e. The van der Waals surface area contributed by atoms with E-state index in [4.69, 9.17) is 9.47 Å². The highest BCUT2D eigenvalue weighted by atomic mass is 16.7. The fourth-order valence-electron chi connectivity index (χ4n) is 3.63. The van der Waals surface area contributed by atoms with E-state index in [1.807, 2.05) is 6.08 Å². The van der Waals surface area contributed by atoms with Gasteiger partial charge in [-0.2, -0.15) is 0 Å². The quantitative estimate of drug-likeness (QED) is 0.396. The van der Waals surface area contributed by atoms with Crippen LogP contribution in [-0.4, -0.2) is 46.9 Å². The molecule has 0 unspecified atom stereocenters. The van der Waals surface area contributed by atoms with Gasteiger partial charge < -0.3 is 19.9 Å². The number of allylic oxidation sites excluding steroid dienone is 1. The van der Waals surface area contributed by atoms with Gasteiger partial charge in [0.2, 0.25) is 5.91 Å². The predicted molar refractivity (Wildman–Crippen MR) is 91.7 cm³/mol. The number of hydrogen-bond acceptors (Lipinski definition) is 5. The first-order chi connectivity index (χ1) is 12.1. The van der Waals surface area contributed by atoms with Gasteiger partial charge in [0.05, 0.1) is 6.04 Å². The molecule has 138 valence electrons. The zero-order chi connectivity index (χ0) is 17.9. The molecule has 0 radical (unpaired) electrons. The smallest absolute Gasteiger partial charge is 0.244 e. The maximum atomic E-state index is 12.2. The normalized spacial score (nSPS) is 36.2. The van der Waals surface area contributed by atoms with Crippen molar-refractivity contribution in [3.05, 3.63) is 24.3 Å². The van der Waals surface area contributed by atoms with E-state index in [1.54, 1.807) is 6.08 Å². The Hall–Kier alpha value is -1.50. The van der Waals surface area contributed by atoms with E-state index in [0.717, 1.165) is 12.8 Å². The van der Waals surface area contributed by atoms with Crippen molar-refractivity contribution in [2.75, 3.05) is 0 Å². The lowest BCUT2D eigenvalue weighted by atomic mass is 9.84. The van der Waals surface area contributed by atoms with E-state index in [1.165, 1.54) is 37.8 Å². The minimum atomic E-state index is -1.20. The summed E-state index contributed by atoms with van der Waals surface area (Å²) in [5, 5.41) is 12.8. The van der Waals surface area contributed by atoms with Crippen LogP contribution in [0.5, 0.6) is 0 Å². The van der Waals surface area contributed by atoms with Gasteiger partial charge in [0.25, 0.3) is 0 Å². The van der Waals surface area contributed by atoms with Crippen molar-refractivity contribution in [1.82, 2.24) is 5.32 Å². The van der Waals surface area contributed by atoms with Crippen LogP contribution in [0.4, 0.5) is 0 Å². The van der Waals surface area contributed by atoms with Gasteiger partial charge in [-0.05, 0) is 31.1 Å². The van der Waals surface area contributed by atoms with Crippen molar-refractivity contribution in [2.45, 2.75) is 82.0 Å². The molecular formula is C19H27NO5. The van der Waals surface area contributed by atoms with Crippen molar-refractivity contribution in [3.8, 4) is 0 Å². The Morgan fingerprint density at radius 2 is 2.20 bits per heavy atom. The number of rotatable bonds is 8. The third kappa shape index (κ3) is 4.02. The van der Waals surface area contributed by atoms with Crippen molar-refractivity contribution < 1.29 is 24.2 Å². The molecule has 2 heterocycles. The first-order valence-electron chi connectivity index (χ1n) is 9.28. The molecular weight excluding hydrogens is 322 g/mol. The third-order valence-electron chi connectivity index (χ3n) is 5.11. The Bertz CT molecular complexity index is 572. The molecule has 0 aromatic heterocycles. The molecule has 5 atom stereocenters. The van der Waals surface area contributed by atoms with Gasteiger partial charge in [0.1, 0.15) is 12.2 Å². The maximum Gasteiger partial charge on any atom is 0.244 e. The average Bonchev–Trinajstić information content (AvgIpc) is 3.31. The number of epoxide rings is 1. The van der Waals surface area contributed by atoms with Gasteiger partial charge in [0, 0.05) is 6.42 Å². The summed E-state index contributed by atoms with van der Waals surface area (Å²) < 4.78 is 11.0. The summed E-state index contributed by atoms with van der Waals surface area (Å²) in [5.74, 6) is -0.477. The first-order valence-corrected chi connectivity index (χ1v) is 9.28. The monoisotopic (exact) mass is 349 g/mol. The molecule has 25 heavy (non-hydrogen) atoms. The Kier molecular flexibility index (Phi) is 5.71. The van der Waals surface area contributed by atoms with E-state index in [0.29, 0.717) is 0 Å². The number of carbonyl (C=O) groups is 2. The highest BCUT2D eigenvalue weighted by molar-refractivity contribution is 6.00. The number of aliphatic hydroxyl groups is 1. The van der Waals surface area contributed by atoms with Crippen LogP contribution in [0.15, 0.2) is 24.3 Å². The molecule has 2 N–H and O–H groups in total. The first kappa shape index (κ1) is 18.3. The zero-order valence-electron chi connectivity index (χ0n) is 14.6. The SMILES string of the molecule is CCCCCCCC=CC(=O)N[C@H]1C[C@@]2(O[C@H]1O)C(=O)C=C[C@@H]1O[C@@H]12. The molecule has 2 aliphatic heterocycles. The molecule has 2 saturated heterocycles. The van der Waals surface area contributed by atoms with E-state index in [2.05, 4.69) is 12.2 Å². The molecule has 2 fully saturated rings. The second-order valence-corrected chi connectivity index (χ2v) is 7.07. The van der Waals surface area contributed by atoms with Crippen LogP contribution in [0.3, 0.4) is 0 Å². The molecule has 0 aromatic carbocycles. The molecule has 3 rings (SSSR count). The van der Waals surface area contributed by atoms with Crippen molar-refractivity contribution in [3.63, 3.8) is 0 Å². The summed E-state index contributed by atoms with van der Waals surface area (Å²) in [6, 6.07) is -0.609. The molecule has 6 nitrogen and oxygen atoms in total. The highest BCUT2D eigenvalue weighted by Crippen LogP contribution is 2.47. The fraction of sp³-hybridized carbons (Fsp3) is 0.684. The molecule has 1 spiro atoms. The van der Waals surface area contributed by atoms with Crippen molar-refractivity contribution >= 4 is 11.7 Å². The van der Waals surface area contributed by atoms with E-state index in [-0.39, 0.29) is 30.3 Å². The minimum Gasteiger partial charge on any atom is -0.366 e. The van der Waals surface area contributed by atoms with Crippen LogP contribution in [0.2, 0.25) is 0 Å². The number of nitrogens with one attached hydrogen (secondary N) is 1. The van der Waals surface area contributed by atoms with E-state index in [9.17, 15) is 14.7 Å². The molecule has 1 amide bonds. The lowest BCUT2D eigenvalue weighted by molar-refractivity contribution is -0.166. The van der Waals surface area contributed by atoms with Gasteiger partial charge in [-0.15, -0.1) is 0 Å². The van der Waals surface area contributed by atoms with Gasteiger partial charge >= 0.3 is 0 Å². The summed E-state index contributed by atoms with van der Waals surface area (Å²) >= 11 is 0. The number of fused-ring (bicyclic) bond motifs is 2. The fourth-order valence-corrected chi connectivity index (χ4v) is 3.63. The number of ketones is 1.